The highest BCUT2D eigenvalue weighted by atomic mass is 35.5. The zero-order chi connectivity index (χ0) is 12.6. The SMILES string of the molecule is CC1CCC2(CC1)NC(=O)N(C(=O)CCl)C2=O. The molecule has 94 valence electrons. The Balaban J connectivity index is 2.20. The molecule has 1 aliphatic carbocycles. The summed E-state index contributed by atoms with van der Waals surface area (Å²) in [5.41, 5.74) is -0.856. The lowest BCUT2D eigenvalue weighted by molar-refractivity contribution is -0.141. The van der Waals surface area contributed by atoms with Crippen molar-refractivity contribution in [2.24, 2.45) is 5.92 Å². The minimum atomic E-state index is -0.856. The second-order valence-electron chi connectivity index (χ2n) is 4.86. The smallest absolute Gasteiger partial charge is 0.323 e. The molecule has 2 rings (SSSR count). The van der Waals surface area contributed by atoms with Crippen LogP contribution >= 0.6 is 11.6 Å². The molecule has 1 heterocycles. The van der Waals surface area contributed by atoms with Gasteiger partial charge < -0.3 is 5.32 Å². The van der Waals surface area contributed by atoms with E-state index in [9.17, 15) is 14.4 Å². The molecule has 1 saturated carbocycles. The maximum absolute atomic E-state index is 12.2. The van der Waals surface area contributed by atoms with Gasteiger partial charge in [-0.15, -0.1) is 11.6 Å². The summed E-state index contributed by atoms with van der Waals surface area (Å²) in [5, 5.41) is 2.66. The van der Waals surface area contributed by atoms with Crippen molar-refractivity contribution in [1.29, 1.82) is 0 Å². The monoisotopic (exact) mass is 258 g/mol. The Morgan fingerprint density at radius 3 is 2.59 bits per heavy atom. The summed E-state index contributed by atoms with van der Waals surface area (Å²) in [6.07, 6.45) is 2.97. The highest BCUT2D eigenvalue weighted by Crippen LogP contribution is 2.36. The van der Waals surface area contributed by atoms with Crippen molar-refractivity contribution in [1.82, 2.24) is 10.2 Å². The molecular formula is C11H15ClN2O3. The summed E-state index contributed by atoms with van der Waals surface area (Å²) in [6, 6.07) is -0.629. The van der Waals surface area contributed by atoms with Gasteiger partial charge in [-0.05, 0) is 31.6 Å². The van der Waals surface area contributed by atoms with E-state index in [0.29, 0.717) is 23.7 Å². The number of nitrogens with one attached hydrogen (secondary N) is 1. The predicted octanol–water partition coefficient (Wildman–Crippen LogP) is 1.25. The van der Waals surface area contributed by atoms with Gasteiger partial charge in [-0.3, -0.25) is 9.59 Å². The fourth-order valence-corrected chi connectivity index (χ4v) is 2.62. The zero-order valence-electron chi connectivity index (χ0n) is 9.66. The third-order valence-electron chi connectivity index (χ3n) is 3.65. The van der Waals surface area contributed by atoms with Gasteiger partial charge in [0.15, 0.2) is 0 Å². The Labute approximate surface area is 104 Å². The normalized spacial score (nSPS) is 33.1. The summed E-state index contributed by atoms with van der Waals surface area (Å²) in [4.78, 5) is 35.9. The molecule has 0 bridgehead atoms. The van der Waals surface area contributed by atoms with Crippen LogP contribution in [0.25, 0.3) is 0 Å². The van der Waals surface area contributed by atoms with Crippen molar-refractivity contribution >= 4 is 29.4 Å². The molecular weight excluding hydrogens is 244 g/mol. The second-order valence-corrected chi connectivity index (χ2v) is 5.13. The maximum atomic E-state index is 12.2. The fourth-order valence-electron chi connectivity index (χ4n) is 2.50. The Hall–Kier alpha value is -1.10. The number of nitrogens with zero attached hydrogens (tertiary/aromatic N) is 1. The molecule has 1 saturated heterocycles. The van der Waals surface area contributed by atoms with E-state index < -0.39 is 23.4 Å². The van der Waals surface area contributed by atoms with Crippen LogP contribution in [0.4, 0.5) is 4.79 Å². The summed E-state index contributed by atoms with van der Waals surface area (Å²) in [6.45, 7) is 2.12. The van der Waals surface area contributed by atoms with Crippen molar-refractivity contribution in [3.05, 3.63) is 0 Å². The molecule has 0 aromatic rings. The highest BCUT2D eigenvalue weighted by molar-refractivity contribution is 6.31. The van der Waals surface area contributed by atoms with Gasteiger partial charge in [0.25, 0.3) is 11.8 Å². The van der Waals surface area contributed by atoms with Crippen LogP contribution < -0.4 is 5.32 Å². The van der Waals surface area contributed by atoms with E-state index in [-0.39, 0.29) is 5.88 Å². The molecule has 17 heavy (non-hydrogen) atoms. The van der Waals surface area contributed by atoms with Gasteiger partial charge in [-0.2, -0.15) is 4.90 Å². The first-order valence-electron chi connectivity index (χ1n) is 5.75. The first-order valence-corrected chi connectivity index (χ1v) is 6.29. The van der Waals surface area contributed by atoms with E-state index in [1.165, 1.54) is 0 Å². The average Bonchev–Trinajstić information content (AvgIpc) is 2.55. The lowest BCUT2D eigenvalue weighted by atomic mass is 9.77. The van der Waals surface area contributed by atoms with Crippen LogP contribution in [0.2, 0.25) is 0 Å². The van der Waals surface area contributed by atoms with Crippen molar-refractivity contribution < 1.29 is 14.4 Å². The van der Waals surface area contributed by atoms with Crippen LogP contribution in [0.5, 0.6) is 0 Å². The number of hydrogen-bond donors (Lipinski definition) is 1. The van der Waals surface area contributed by atoms with E-state index in [2.05, 4.69) is 12.2 Å². The van der Waals surface area contributed by atoms with E-state index in [1.807, 2.05) is 0 Å². The van der Waals surface area contributed by atoms with Crippen LogP contribution in [-0.4, -0.2) is 34.2 Å². The fraction of sp³-hybridized carbons (Fsp3) is 0.727. The Morgan fingerprint density at radius 2 is 2.06 bits per heavy atom. The zero-order valence-corrected chi connectivity index (χ0v) is 10.4. The van der Waals surface area contributed by atoms with Crippen LogP contribution in [-0.2, 0) is 9.59 Å². The molecule has 0 aromatic heterocycles. The third-order valence-corrected chi connectivity index (χ3v) is 3.88. The summed E-state index contributed by atoms with van der Waals surface area (Å²) in [7, 11) is 0. The number of urea groups is 1. The minimum absolute atomic E-state index is 0.356. The van der Waals surface area contributed by atoms with Crippen LogP contribution in [0, 0.1) is 5.92 Å². The number of rotatable bonds is 1. The molecule has 2 aliphatic rings. The second kappa shape index (κ2) is 4.29. The van der Waals surface area contributed by atoms with Crippen molar-refractivity contribution in [2.45, 2.75) is 38.1 Å². The van der Waals surface area contributed by atoms with Crippen LogP contribution in [0.15, 0.2) is 0 Å². The quantitative estimate of drug-likeness (QED) is 0.569. The molecule has 2 fully saturated rings. The number of amides is 4. The van der Waals surface area contributed by atoms with Crippen LogP contribution in [0.1, 0.15) is 32.6 Å². The van der Waals surface area contributed by atoms with Gasteiger partial charge in [0.1, 0.15) is 11.4 Å². The van der Waals surface area contributed by atoms with Gasteiger partial charge >= 0.3 is 6.03 Å². The van der Waals surface area contributed by atoms with Gasteiger partial charge in [0.2, 0.25) is 0 Å². The number of carbonyl (C=O) groups is 3. The number of hydrogen-bond acceptors (Lipinski definition) is 3. The summed E-state index contributed by atoms with van der Waals surface area (Å²) in [5.74, 6) is -0.876. The van der Waals surface area contributed by atoms with E-state index in [4.69, 9.17) is 11.6 Å². The largest absolute Gasteiger partial charge is 0.332 e. The van der Waals surface area contributed by atoms with Gasteiger partial charge in [0, 0.05) is 0 Å². The summed E-state index contributed by atoms with van der Waals surface area (Å²) >= 11 is 5.39. The van der Waals surface area contributed by atoms with E-state index in [0.717, 1.165) is 12.8 Å². The molecule has 4 amide bonds. The predicted molar refractivity (Wildman–Crippen MR) is 61.5 cm³/mol. The average molecular weight is 259 g/mol. The van der Waals surface area contributed by atoms with E-state index >= 15 is 0 Å². The lowest BCUT2D eigenvalue weighted by Crippen LogP contribution is -2.49. The molecule has 1 spiro atoms. The van der Waals surface area contributed by atoms with Gasteiger partial charge in [-0.1, -0.05) is 6.92 Å². The summed E-state index contributed by atoms with van der Waals surface area (Å²) < 4.78 is 0. The van der Waals surface area contributed by atoms with E-state index in [1.54, 1.807) is 0 Å². The topological polar surface area (TPSA) is 66.5 Å². The molecule has 0 unspecified atom stereocenters. The number of carbonyl (C=O) groups excluding carboxylic acids is 3. The molecule has 0 radical (unpaired) electrons. The maximum Gasteiger partial charge on any atom is 0.332 e. The first kappa shape index (κ1) is 12.4. The highest BCUT2D eigenvalue weighted by Gasteiger charge is 2.53. The Morgan fingerprint density at radius 1 is 1.47 bits per heavy atom. The Kier molecular flexibility index (Phi) is 3.12. The number of alkyl halides is 1. The number of halogens is 1. The third kappa shape index (κ3) is 1.92. The van der Waals surface area contributed by atoms with Gasteiger partial charge in [-0.25, -0.2) is 4.79 Å². The van der Waals surface area contributed by atoms with Gasteiger partial charge in [0.05, 0.1) is 0 Å². The standard InChI is InChI=1S/C11H15ClN2O3/c1-7-2-4-11(5-3-7)9(16)14(8(15)6-12)10(17)13-11/h7H,2-6H2,1H3,(H,13,17). The minimum Gasteiger partial charge on any atom is -0.323 e. The molecule has 1 N–H and O–H groups in total. The van der Waals surface area contributed by atoms with Crippen molar-refractivity contribution in [3.8, 4) is 0 Å². The molecule has 5 nitrogen and oxygen atoms in total. The molecule has 0 aromatic carbocycles. The molecule has 6 heteroatoms. The number of imide groups is 3. The lowest BCUT2D eigenvalue weighted by Gasteiger charge is -2.33. The molecule has 1 aliphatic heterocycles. The Bertz CT molecular complexity index is 375. The molecule has 0 atom stereocenters. The van der Waals surface area contributed by atoms with Crippen LogP contribution in [0.3, 0.4) is 0 Å². The van der Waals surface area contributed by atoms with Crippen molar-refractivity contribution in [3.63, 3.8) is 0 Å². The van der Waals surface area contributed by atoms with Crippen molar-refractivity contribution in [2.75, 3.05) is 5.88 Å². The first-order chi connectivity index (χ1) is 8.00.